The molecule has 0 bridgehead atoms. The summed E-state index contributed by atoms with van der Waals surface area (Å²) in [5, 5.41) is 0. The molecule has 2 atom stereocenters. The summed E-state index contributed by atoms with van der Waals surface area (Å²) in [6, 6.07) is 0. The molecular formula is C34H67. The van der Waals surface area contributed by atoms with Gasteiger partial charge in [0.25, 0.3) is 0 Å². The molecule has 0 N–H and O–H groups in total. The van der Waals surface area contributed by atoms with Crippen molar-refractivity contribution in [2.75, 3.05) is 0 Å². The van der Waals surface area contributed by atoms with Gasteiger partial charge in [-0.05, 0) is 73.5 Å². The van der Waals surface area contributed by atoms with E-state index in [1.807, 2.05) is 0 Å². The van der Waals surface area contributed by atoms with Crippen molar-refractivity contribution in [3.05, 3.63) is 5.92 Å². The van der Waals surface area contributed by atoms with Gasteiger partial charge in [-0.3, -0.25) is 0 Å². The third-order valence-corrected chi connectivity index (χ3v) is 10.2. The van der Waals surface area contributed by atoms with Crippen molar-refractivity contribution >= 4 is 0 Å². The second-order valence-corrected chi connectivity index (χ2v) is 12.1. The van der Waals surface area contributed by atoms with Crippen LogP contribution >= 0.6 is 0 Å². The summed E-state index contributed by atoms with van der Waals surface area (Å²) < 4.78 is 0. The van der Waals surface area contributed by atoms with Crippen LogP contribution in [0.3, 0.4) is 0 Å². The molecule has 1 aliphatic rings. The van der Waals surface area contributed by atoms with Gasteiger partial charge in [-0.25, -0.2) is 0 Å². The molecule has 1 rings (SSSR count). The lowest BCUT2D eigenvalue weighted by Crippen LogP contribution is -2.52. The second kappa shape index (κ2) is 18.3. The van der Waals surface area contributed by atoms with E-state index in [0.29, 0.717) is 10.8 Å². The minimum absolute atomic E-state index is 0.470. The van der Waals surface area contributed by atoms with E-state index in [1.165, 1.54) is 141 Å². The number of hydrogen-bond donors (Lipinski definition) is 0. The van der Waals surface area contributed by atoms with Gasteiger partial charge in [0.15, 0.2) is 0 Å². The Morgan fingerprint density at radius 1 is 0.618 bits per heavy atom. The average Bonchev–Trinajstić information content (AvgIpc) is 2.87. The molecule has 2 unspecified atom stereocenters. The van der Waals surface area contributed by atoms with Crippen molar-refractivity contribution in [2.45, 2.75) is 190 Å². The number of rotatable bonds is 21. The Kier molecular flexibility index (Phi) is 17.2. The van der Waals surface area contributed by atoms with Crippen molar-refractivity contribution in [3.8, 4) is 0 Å². The van der Waals surface area contributed by atoms with Crippen LogP contribution in [0.25, 0.3) is 0 Å². The standard InChI is InChI=1S/C34H67/c1-8-15-18-22-26-32(30-24-20-19-21-25-30)33(14-7,29-23-16-9-2)34(27-11-4,28-17-10-3)31(12-5)13-6/h30-31H,8-29H2,1-7H3. The Bertz CT molecular complexity index is 457. The molecule has 0 spiro atoms. The van der Waals surface area contributed by atoms with E-state index in [9.17, 15) is 0 Å². The molecule has 1 radical (unpaired) electrons. The van der Waals surface area contributed by atoms with E-state index >= 15 is 0 Å². The smallest absolute Gasteiger partial charge is 0.0143 e. The Morgan fingerprint density at radius 3 is 1.76 bits per heavy atom. The molecule has 34 heavy (non-hydrogen) atoms. The van der Waals surface area contributed by atoms with Gasteiger partial charge in [-0.15, -0.1) is 0 Å². The van der Waals surface area contributed by atoms with Crippen molar-refractivity contribution in [2.24, 2.45) is 22.7 Å². The molecule has 0 amide bonds. The highest BCUT2D eigenvalue weighted by molar-refractivity contribution is 5.18. The van der Waals surface area contributed by atoms with E-state index in [4.69, 9.17) is 0 Å². The molecule has 0 heterocycles. The number of hydrogen-bond acceptors (Lipinski definition) is 0. The maximum Gasteiger partial charge on any atom is -0.0143 e. The van der Waals surface area contributed by atoms with Gasteiger partial charge in [0.05, 0.1) is 0 Å². The monoisotopic (exact) mass is 476 g/mol. The van der Waals surface area contributed by atoms with E-state index in [2.05, 4.69) is 54.4 Å². The van der Waals surface area contributed by atoms with Crippen LogP contribution in [0.1, 0.15) is 190 Å². The number of unbranched alkanes of at least 4 members (excludes halogenated alkanes) is 6. The maximum absolute atomic E-state index is 2.62. The predicted molar refractivity (Wildman–Crippen MR) is 156 cm³/mol. The molecule has 1 aliphatic carbocycles. The molecular weight excluding hydrogens is 408 g/mol. The molecule has 0 saturated heterocycles. The van der Waals surface area contributed by atoms with Gasteiger partial charge < -0.3 is 0 Å². The first-order valence-corrected chi connectivity index (χ1v) is 16.4. The summed E-state index contributed by atoms with van der Waals surface area (Å²) in [6.07, 6.45) is 31.5. The van der Waals surface area contributed by atoms with Gasteiger partial charge in [0.1, 0.15) is 0 Å². The highest BCUT2D eigenvalue weighted by Gasteiger charge is 2.56. The molecule has 203 valence electrons. The molecule has 1 fully saturated rings. The Hall–Kier alpha value is 0. The van der Waals surface area contributed by atoms with E-state index < -0.39 is 0 Å². The summed E-state index contributed by atoms with van der Waals surface area (Å²) in [6.45, 7) is 17.4. The predicted octanol–water partition coefficient (Wildman–Crippen LogP) is 12.5. The molecule has 0 aliphatic heterocycles. The van der Waals surface area contributed by atoms with Crippen LogP contribution in [-0.2, 0) is 0 Å². The topological polar surface area (TPSA) is 0 Å². The summed E-state index contributed by atoms with van der Waals surface area (Å²) in [7, 11) is 0. The molecule has 0 aromatic rings. The third-order valence-electron chi connectivity index (χ3n) is 10.2. The van der Waals surface area contributed by atoms with Crippen molar-refractivity contribution in [1.82, 2.24) is 0 Å². The van der Waals surface area contributed by atoms with Crippen LogP contribution in [0.4, 0.5) is 0 Å². The molecule has 0 aromatic heterocycles. The first-order chi connectivity index (χ1) is 16.6. The fourth-order valence-corrected chi connectivity index (χ4v) is 8.60. The van der Waals surface area contributed by atoms with Crippen molar-refractivity contribution in [3.63, 3.8) is 0 Å². The van der Waals surface area contributed by atoms with Crippen LogP contribution in [0, 0.1) is 28.6 Å². The minimum Gasteiger partial charge on any atom is -0.0654 e. The van der Waals surface area contributed by atoms with Crippen LogP contribution in [0.5, 0.6) is 0 Å². The third kappa shape index (κ3) is 8.26. The van der Waals surface area contributed by atoms with Crippen molar-refractivity contribution in [1.29, 1.82) is 0 Å². The fourth-order valence-electron chi connectivity index (χ4n) is 8.60. The molecule has 1 saturated carbocycles. The SMILES string of the molecule is CCCCCC[C](C1CCCCC1)C(CC)(CCCCC)C(CCC)(CCCC)C(CC)CC. The maximum atomic E-state index is 2.62. The largest absolute Gasteiger partial charge is 0.0654 e. The lowest BCUT2D eigenvalue weighted by atomic mass is 9.43. The van der Waals surface area contributed by atoms with Crippen LogP contribution in [-0.4, -0.2) is 0 Å². The van der Waals surface area contributed by atoms with E-state index in [1.54, 1.807) is 0 Å². The zero-order chi connectivity index (χ0) is 25.3. The minimum atomic E-state index is 0.470. The summed E-state index contributed by atoms with van der Waals surface area (Å²) in [4.78, 5) is 0. The Labute approximate surface area is 218 Å². The van der Waals surface area contributed by atoms with Crippen LogP contribution in [0.15, 0.2) is 0 Å². The summed E-state index contributed by atoms with van der Waals surface area (Å²) in [5.74, 6) is 3.91. The van der Waals surface area contributed by atoms with Crippen LogP contribution in [0.2, 0.25) is 0 Å². The van der Waals surface area contributed by atoms with Gasteiger partial charge in [0.2, 0.25) is 0 Å². The Morgan fingerprint density at radius 2 is 1.24 bits per heavy atom. The molecule has 0 nitrogen and oxygen atoms in total. The lowest BCUT2D eigenvalue weighted by Gasteiger charge is -2.61. The average molecular weight is 476 g/mol. The zero-order valence-electron chi connectivity index (χ0n) is 25.2. The molecule has 0 aromatic carbocycles. The summed E-state index contributed by atoms with van der Waals surface area (Å²) >= 11 is 0. The van der Waals surface area contributed by atoms with Gasteiger partial charge in [-0.1, -0.05) is 145 Å². The highest BCUT2D eigenvalue weighted by atomic mass is 14.6. The fraction of sp³-hybridized carbons (Fsp3) is 0.971. The zero-order valence-corrected chi connectivity index (χ0v) is 25.2. The Balaban J connectivity index is 3.66. The highest BCUT2D eigenvalue weighted by Crippen LogP contribution is 2.65. The normalized spacial score (nSPS) is 19.0. The first kappa shape index (κ1) is 32.0. The summed E-state index contributed by atoms with van der Waals surface area (Å²) in [5.41, 5.74) is 0.986. The van der Waals surface area contributed by atoms with Crippen molar-refractivity contribution < 1.29 is 0 Å². The first-order valence-electron chi connectivity index (χ1n) is 16.4. The van der Waals surface area contributed by atoms with E-state index in [0.717, 1.165) is 11.8 Å². The van der Waals surface area contributed by atoms with Crippen LogP contribution < -0.4 is 0 Å². The second-order valence-electron chi connectivity index (χ2n) is 12.1. The lowest BCUT2D eigenvalue weighted by molar-refractivity contribution is -0.0627. The quantitative estimate of drug-likeness (QED) is 0.145. The van der Waals surface area contributed by atoms with E-state index in [-0.39, 0.29) is 0 Å². The van der Waals surface area contributed by atoms with Gasteiger partial charge >= 0.3 is 0 Å². The van der Waals surface area contributed by atoms with Gasteiger partial charge in [-0.2, -0.15) is 0 Å². The van der Waals surface area contributed by atoms with Gasteiger partial charge in [0, 0.05) is 0 Å². The molecule has 0 heteroatoms.